The molecule has 2 heterocycles. The fraction of sp³-hybridized carbons (Fsp3) is 0.0847. The number of hydrogen-bond donors (Lipinski definition) is 0. The van der Waals surface area contributed by atoms with E-state index in [4.69, 9.17) is 0 Å². The summed E-state index contributed by atoms with van der Waals surface area (Å²) in [6, 6.07) is 82.8. The smallest absolute Gasteiger partial charge is 0.0701 e. The van der Waals surface area contributed by atoms with Crippen molar-refractivity contribution in [1.29, 1.82) is 0 Å². The molecule has 0 aliphatic heterocycles. The van der Waals surface area contributed by atoms with Crippen LogP contribution in [-0.2, 0) is 10.8 Å². The Morgan fingerprint density at radius 2 is 0.623 bits per heavy atom. The Kier molecular flexibility index (Phi) is 8.65. The van der Waals surface area contributed by atoms with Crippen LogP contribution in [0.15, 0.2) is 224 Å². The zero-order valence-electron chi connectivity index (χ0n) is 34.8. The maximum absolute atomic E-state index is 2.47. The van der Waals surface area contributed by atoms with Crippen molar-refractivity contribution in [2.24, 2.45) is 0 Å². The summed E-state index contributed by atoms with van der Waals surface area (Å²) in [7, 11) is 0. The van der Waals surface area contributed by atoms with Crippen LogP contribution in [0.2, 0.25) is 0 Å². The van der Waals surface area contributed by atoms with E-state index >= 15 is 0 Å². The average Bonchev–Trinajstić information content (AvgIpc) is 3.83. The van der Waals surface area contributed by atoms with E-state index in [1.54, 1.807) is 0 Å². The van der Waals surface area contributed by atoms with E-state index in [9.17, 15) is 0 Å². The Bertz CT molecular complexity index is 3200. The lowest BCUT2D eigenvalue weighted by Crippen LogP contribution is -2.30. The Balaban J connectivity index is 1.06. The third kappa shape index (κ3) is 5.93. The first-order valence-corrected chi connectivity index (χ1v) is 21.3. The molecule has 292 valence electrons. The van der Waals surface area contributed by atoms with Gasteiger partial charge in [0.05, 0.1) is 27.5 Å². The minimum Gasteiger partial charge on any atom is -0.309 e. The standard InChI is InChI=1S/C59H46N2/c1-58(2,3)46-31-37-56-52(39-46)53-40-47(59(43-17-7-4-8-18-43,44-19-9-5-10-20-44)45-21-11-6-12-22-45)32-38-57(53)61(56)49-35-29-42(30-36-49)41-27-33-48(34-28-41)60-54-25-15-13-23-50(54)51-24-14-16-26-55(51)60/h4-40H,1-3H3. The highest BCUT2D eigenvalue weighted by Crippen LogP contribution is 2.47. The summed E-state index contributed by atoms with van der Waals surface area (Å²) in [5.74, 6) is 0. The van der Waals surface area contributed by atoms with Crippen LogP contribution in [0.4, 0.5) is 0 Å². The molecule has 0 atom stereocenters. The summed E-state index contributed by atoms with van der Waals surface area (Å²) in [5, 5.41) is 5.06. The van der Waals surface area contributed by atoms with Gasteiger partial charge in [-0.05, 0) is 105 Å². The van der Waals surface area contributed by atoms with Crippen molar-refractivity contribution >= 4 is 43.6 Å². The number of fused-ring (bicyclic) bond motifs is 6. The normalized spacial score (nSPS) is 12.2. The Morgan fingerprint density at radius 1 is 0.279 bits per heavy atom. The number of hydrogen-bond acceptors (Lipinski definition) is 0. The fourth-order valence-electron chi connectivity index (χ4n) is 9.87. The van der Waals surface area contributed by atoms with Crippen molar-refractivity contribution < 1.29 is 0 Å². The molecule has 0 aliphatic carbocycles. The van der Waals surface area contributed by atoms with Crippen LogP contribution in [0, 0.1) is 0 Å². The lowest BCUT2D eigenvalue weighted by Gasteiger charge is -2.37. The average molecular weight is 783 g/mol. The lowest BCUT2D eigenvalue weighted by molar-refractivity contribution is 0.591. The molecule has 0 spiro atoms. The highest BCUT2D eigenvalue weighted by atomic mass is 15.0. The van der Waals surface area contributed by atoms with Gasteiger partial charge in [0.15, 0.2) is 0 Å². The topological polar surface area (TPSA) is 9.86 Å². The van der Waals surface area contributed by atoms with Gasteiger partial charge in [0.25, 0.3) is 0 Å². The lowest BCUT2D eigenvalue weighted by atomic mass is 9.65. The second-order valence-electron chi connectivity index (χ2n) is 17.4. The predicted molar refractivity (Wildman–Crippen MR) is 258 cm³/mol. The van der Waals surface area contributed by atoms with Crippen molar-refractivity contribution in [2.75, 3.05) is 0 Å². The molecule has 2 nitrogen and oxygen atoms in total. The van der Waals surface area contributed by atoms with Crippen molar-refractivity contribution in [3.8, 4) is 22.5 Å². The molecule has 2 heteroatoms. The molecule has 0 unspecified atom stereocenters. The van der Waals surface area contributed by atoms with E-state index in [0.717, 1.165) is 11.4 Å². The molecule has 11 rings (SSSR count). The van der Waals surface area contributed by atoms with Crippen LogP contribution in [0.3, 0.4) is 0 Å². The van der Waals surface area contributed by atoms with Crippen LogP contribution in [0.25, 0.3) is 66.1 Å². The van der Waals surface area contributed by atoms with Gasteiger partial charge in [0.1, 0.15) is 0 Å². The van der Waals surface area contributed by atoms with E-state index in [2.05, 4.69) is 254 Å². The van der Waals surface area contributed by atoms with Gasteiger partial charge in [-0.1, -0.05) is 185 Å². The number of nitrogens with zero attached hydrogens (tertiary/aromatic N) is 2. The third-order valence-corrected chi connectivity index (χ3v) is 12.8. The van der Waals surface area contributed by atoms with Crippen LogP contribution >= 0.6 is 0 Å². The predicted octanol–water partition coefficient (Wildman–Crippen LogP) is 15.2. The van der Waals surface area contributed by atoms with Gasteiger partial charge < -0.3 is 9.13 Å². The first-order chi connectivity index (χ1) is 29.9. The molecule has 61 heavy (non-hydrogen) atoms. The van der Waals surface area contributed by atoms with E-state index < -0.39 is 5.41 Å². The second kappa shape index (κ2) is 14.4. The van der Waals surface area contributed by atoms with Gasteiger partial charge in [0.2, 0.25) is 0 Å². The van der Waals surface area contributed by atoms with Gasteiger partial charge >= 0.3 is 0 Å². The molecule has 0 amide bonds. The highest BCUT2D eigenvalue weighted by Gasteiger charge is 2.38. The monoisotopic (exact) mass is 782 g/mol. The maximum Gasteiger partial charge on any atom is 0.0701 e. The summed E-state index contributed by atoms with van der Waals surface area (Å²) in [4.78, 5) is 0. The minimum absolute atomic E-state index is 0.000836. The molecule has 0 fully saturated rings. The largest absolute Gasteiger partial charge is 0.309 e. The summed E-state index contributed by atoms with van der Waals surface area (Å²) >= 11 is 0. The summed E-state index contributed by atoms with van der Waals surface area (Å²) < 4.78 is 4.82. The van der Waals surface area contributed by atoms with Gasteiger partial charge in [0, 0.05) is 32.9 Å². The van der Waals surface area contributed by atoms with Crippen molar-refractivity contribution in [1.82, 2.24) is 9.13 Å². The van der Waals surface area contributed by atoms with Crippen LogP contribution in [0.5, 0.6) is 0 Å². The van der Waals surface area contributed by atoms with E-state index in [-0.39, 0.29) is 5.41 Å². The van der Waals surface area contributed by atoms with Crippen molar-refractivity contribution in [3.05, 3.63) is 252 Å². The molecule has 0 saturated heterocycles. The van der Waals surface area contributed by atoms with Crippen LogP contribution in [-0.4, -0.2) is 9.13 Å². The molecular formula is C59H46N2. The van der Waals surface area contributed by atoms with Gasteiger partial charge in [-0.3, -0.25) is 0 Å². The van der Waals surface area contributed by atoms with Crippen LogP contribution < -0.4 is 0 Å². The van der Waals surface area contributed by atoms with Crippen LogP contribution in [0.1, 0.15) is 48.6 Å². The SMILES string of the molecule is CC(C)(C)c1ccc2c(c1)c1cc(C(c3ccccc3)(c3ccccc3)c3ccccc3)ccc1n2-c1ccc(-c2ccc(-n3c4ccccc4c4ccccc43)cc2)cc1. The molecule has 9 aromatic carbocycles. The number of benzene rings is 9. The van der Waals surface area contributed by atoms with Crippen molar-refractivity contribution in [2.45, 2.75) is 31.6 Å². The summed E-state index contributed by atoms with van der Waals surface area (Å²) in [6.07, 6.45) is 0. The highest BCUT2D eigenvalue weighted by molar-refractivity contribution is 6.10. The summed E-state index contributed by atoms with van der Waals surface area (Å²) in [5.41, 5.74) is 15.3. The molecule has 0 N–H and O–H groups in total. The first-order valence-electron chi connectivity index (χ1n) is 21.3. The Labute approximate surface area is 357 Å². The zero-order valence-corrected chi connectivity index (χ0v) is 34.8. The van der Waals surface area contributed by atoms with Gasteiger partial charge in [-0.25, -0.2) is 0 Å². The van der Waals surface area contributed by atoms with E-state index in [1.165, 1.54) is 82.6 Å². The molecule has 0 saturated carbocycles. The minimum atomic E-state index is -0.535. The third-order valence-electron chi connectivity index (χ3n) is 12.8. The van der Waals surface area contributed by atoms with Gasteiger partial charge in [-0.15, -0.1) is 0 Å². The number of para-hydroxylation sites is 2. The number of aromatic nitrogens is 2. The molecular weight excluding hydrogens is 737 g/mol. The quantitative estimate of drug-likeness (QED) is 0.143. The summed E-state index contributed by atoms with van der Waals surface area (Å²) in [6.45, 7) is 6.91. The van der Waals surface area contributed by atoms with Crippen molar-refractivity contribution in [3.63, 3.8) is 0 Å². The first kappa shape index (κ1) is 36.6. The molecule has 0 radical (unpaired) electrons. The maximum atomic E-state index is 2.47. The molecule has 0 bridgehead atoms. The van der Waals surface area contributed by atoms with E-state index in [0.29, 0.717) is 0 Å². The Hall–Kier alpha value is -7.42. The molecule has 0 aliphatic rings. The second-order valence-corrected chi connectivity index (χ2v) is 17.4. The zero-order chi connectivity index (χ0) is 41.1. The Morgan fingerprint density at radius 3 is 1.03 bits per heavy atom. The van der Waals surface area contributed by atoms with E-state index in [1.807, 2.05) is 0 Å². The molecule has 11 aromatic rings. The molecule has 2 aromatic heterocycles. The van der Waals surface area contributed by atoms with Gasteiger partial charge in [-0.2, -0.15) is 0 Å². The number of rotatable bonds is 7. The fourth-order valence-corrected chi connectivity index (χ4v) is 9.87.